The van der Waals surface area contributed by atoms with Crippen molar-refractivity contribution in [3.8, 4) is 0 Å². The molecular formula is C11H12ClFO3S. The molecule has 0 unspecified atom stereocenters. The van der Waals surface area contributed by atoms with E-state index in [0.29, 0.717) is 5.56 Å². The van der Waals surface area contributed by atoms with Crippen molar-refractivity contribution < 1.29 is 17.6 Å². The van der Waals surface area contributed by atoms with Gasteiger partial charge in [-0.05, 0) is 17.7 Å². The first-order valence-electron chi connectivity index (χ1n) is 4.91. The van der Waals surface area contributed by atoms with Crippen LogP contribution >= 0.6 is 11.6 Å². The van der Waals surface area contributed by atoms with Crippen LogP contribution in [0.25, 0.3) is 0 Å². The van der Waals surface area contributed by atoms with Gasteiger partial charge in [-0.25, -0.2) is 12.8 Å². The summed E-state index contributed by atoms with van der Waals surface area (Å²) in [6, 6.07) is 3.77. The maximum Gasteiger partial charge on any atom is 0.147 e. The lowest BCUT2D eigenvalue weighted by Gasteiger charge is -2.03. The van der Waals surface area contributed by atoms with E-state index in [1.807, 2.05) is 0 Å². The van der Waals surface area contributed by atoms with E-state index in [0.717, 1.165) is 12.3 Å². The molecule has 0 heterocycles. The molecule has 6 heteroatoms. The molecule has 0 radical (unpaired) electrons. The summed E-state index contributed by atoms with van der Waals surface area (Å²) in [6.45, 7) is 0. The number of carbonyl (C=O) groups is 1. The summed E-state index contributed by atoms with van der Waals surface area (Å²) >= 11 is 5.75. The van der Waals surface area contributed by atoms with E-state index in [1.54, 1.807) is 0 Å². The summed E-state index contributed by atoms with van der Waals surface area (Å²) in [5.74, 6) is -0.878. The maximum atomic E-state index is 12.7. The molecule has 94 valence electrons. The standard InChI is InChI=1S/C11H12ClFO3S/c1-17(15,16)5-4-10(14)6-8-2-3-9(13)7-11(8)12/h2-3,7H,4-6H2,1H3. The zero-order valence-corrected chi connectivity index (χ0v) is 10.8. The Hall–Kier alpha value is -0.940. The Morgan fingerprint density at radius 3 is 2.59 bits per heavy atom. The third-order valence-electron chi connectivity index (χ3n) is 2.15. The molecule has 0 fully saturated rings. The highest BCUT2D eigenvalue weighted by atomic mass is 35.5. The number of hydrogen-bond donors (Lipinski definition) is 0. The van der Waals surface area contributed by atoms with Crippen LogP contribution in [0.2, 0.25) is 5.02 Å². The molecule has 0 aliphatic carbocycles. The zero-order valence-electron chi connectivity index (χ0n) is 9.24. The van der Waals surface area contributed by atoms with Crippen molar-refractivity contribution in [1.82, 2.24) is 0 Å². The van der Waals surface area contributed by atoms with E-state index >= 15 is 0 Å². The fourth-order valence-corrected chi connectivity index (χ4v) is 2.10. The maximum absolute atomic E-state index is 12.7. The highest BCUT2D eigenvalue weighted by Gasteiger charge is 2.11. The SMILES string of the molecule is CS(=O)(=O)CCC(=O)Cc1ccc(F)cc1Cl. The van der Waals surface area contributed by atoms with Crippen molar-refractivity contribution in [2.75, 3.05) is 12.0 Å². The molecule has 0 saturated carbocycles. The monoisotopic (exact) mass is 278 g/mol. The fourth-order valence-electron chi connectivity index (χ4n) is 1.27. The number of halogens is 2. The second-order valence-corrected chi connectivity index (χ2v) is 6.50. The van der Waals surface area contributed by atoms with E-state index in [4.69, 9.17) is 11.6 Å². The average Bonchev–Trinajstić information content (AvgIpc) is 2.18. The molecule has 17 heavy (non-hydrogen) atoms. The van der Waals surface area contributed by atoms with Crippen molar-refractivity contribution >= 4 is 27.2 Å². The number of rotatable bonds is 5. The van der Waals surface area contributed by atoms with Crippen LogP contribution in [-0.4, -0.2) is 26.2 Å². The summed E-state index contributed by atoms with van der Waals surface area (Å²) in [6.07, 6.45) is 1.05. The Labute approximate surface area is 105 Å². The molecule has 1 aromatic carbocycles. The summed E-state index contributed by atoms with van der Waals surface area (Å²) in [5.41, 5.74) is 0.506. The lowest BCUT2D eigenvalue weighted by atomic mass is 10.1. The highest BCUT2D eigenvalue weighted by Crippen LogP contribution is 2.18. The summed E-state index contributed by atoms with van der Waals surface area (Å²) in [7, 11) is -3.14. The number of Topliss-reactive ketones (excluding diaryl/α,β-unsaturated/α-hetero) is 1. The minimum Gasteiger partial charge on any atom is -0.299 e. The predicted octanol–water partition coefficient (Wildman–Crippen LogP) is 2.03. The zero-order chi connectivity index (χ0) is 13.1. The van der Waals surface area contributed by atoms with Crippen LogP contribution in [0.5, 0.6) is 0 Å². The third kappa shape index (κ3) is 5.28. The van der Waals surface area contributed by atoms with Crippen LogP contribution in [0.3, 0.4) is 0 Å². The highest BCUT2D eigenvalue weighted by molar-refractivity contribution is 7.90. The average molecular weight is 279 g/mol. The number of ketones is 1. The van der Waals surface area contributed by atoms with E-state index < -0.39 is 15.7 Å². The Kier molecular flexibility index (Phi) is 4.65. The van der Waals surface area contributed by atoms with Gasteiger partial charge in [0.05, 0.1) is 5.75 Å². The molecule has 0 saturated heterocycles. The van der Waals surface area contributed by atoms with Gasteiger partial charge in [0.1, 0.15) is 21.4 Å². The number of carbonyl (C=O) groups excluding carboxylic acids is 1. The summed E-state index contributed by atoms with van der Waals surface area (Å²) in [4.78, 5) is 11.5. The molecule has 3 nitrogen and oxygen atoms in total. The largest absolute Gasteiger partial charge is 0.299 e. The topological polar surface area (TPSA) is 51.2 Å². The molecule has 1 aromatic rings. The lowest BCUT2D eigenvalue weighted by Crippen LogP contribution is -2.11. The van der Waals surface area contributed by atoms with Crippen molar-refractivity contribution in [1.29, 1.82) is 0 Å². The van der Waals surface area contributed by atoms with Crippen molar-refractivity contribution in [3.63, 3.8) is 0 Å². The van der Waals surface area contributed by atoms with E-state index in [1.165, 1.54) is 12.1 Å². The van der Waals surface area contributed by atoms with Gasteiger partial charge in [0, 0.05) is 24.1 Å². The van der Waals surface area contributed by atoms with E-state index in [9.17, 15) is 17.6 Å². The molecule has 0 N–H and O–H groups in total. The molecule has 0 aliphatic heterocycles. The van der Waals surface area contributed by atoms with Crippen molar-refractivity contribution in [2.45, 2.75) is 12.8 Å². The van der Waals surface area contributed by atoms with Crippen LogP contribution < -0.4 is 0 Å². The van der Waals surface area contributed by atoms with E-state index in [-0.39, 0.29) is 29.4 Å². The first-order valence-corrected chi connectivity index (χ1v) is 7.35. The van der Waals surface area contributed by atoms with Gasteiger partial charge in [-0.15, -0.1) is 0 Å². The molecule has 0 aromatic heterocycles. The number of hydrogen-bond acceptors (Lipinski definition) is 3. The summed E-state index contributed by atoms with van der Waals surface area (Å²) in [5, 5.41) is 0.178. The molecular weight excluding hydrogens is 267 g/mol. The summed E-state index contributed by atoms with van der Waals surface area (Å²) < 4.78 is 34.5. The first kappa shape index (κ1) is 14.1. The minimum atomic E-state index is -3.14. The van der Waals surface area contributed by atoms with E-state index in [2.05, 4.69) is 0 Å². The predicted molar refractivity (Wildman–Crippen MR) is 64.4 cm³/mol. The van der Waals surface area contributed by atoms with Crippen LogP contribution in [-0.2, 0) is 21.1 Å². The molecule has 0 atom stereocenters. The van der Waals surface area contributed by atoms with Gasteiger partial charge in [-0.2, -0.15) is 0 Å². The molecule has 0 spiro atoms. The Balaban J connectivity index is 2.62. The molecule has 0 amide bonds. The van der Waals surface area contributed by atoms with Crippen LogP contribution in [0.4, 0.5) is 4.39 Å². The Bertz CT molecular complexity index is 526. The first-order chi connectivity index (χ1) is 7.78. The Morgan fingerprint density at radius 1 is 1.41 bits per heavy atom. The molecule has 0 aliphatic rings. The quantitative estimate of drug-likeness (QED) is 0.828. The van der Waals surface area contributed by atoms with Gasteiger partial charge >= 0.3 is 0 Å². The smallest absolute Gasteiger partial charge is 0.147 e. The third-order valence-corrected chi connectivity index (χ3v) is 3.45. The van der Waals surface area contributed by atoms with Crippen LogP contribution in [0.1, 0.15) is 12.0 Å². The number of benzene rings is 1. The lowest BCUT2D eigenvalue weighted by molar-refractivity contribution is -0.118. The van der Waals surface area contributed by atoms with Crippen LogP contribution in [0, 0.1) is 5.82 Å². The molecule has 0 bridgehead atoms. The van der Waals surface area contributed by atoms with Gasteiger partial charge < -0.3 is 0 Å². The minimum absolute atomic E-state index is 0.0225. The van der Waals surface area contributed by atoms with Crippen molar-refractivity contribution in [2.24, 2.45) is 0 Å². The van der Waals surface area contributed by atoms with Gasteiger partial charge in [0.15, 0.2) is 0 Å². The van der Waals surface area contributed by atoms with Gasteiger partial charge in [-0.1, -0.05) is 17.7 Å². The van der Waals surface area contributed by atoms with Gasteiger partial charge in [0.2, 0.25) is 0 Å². The van der Waals surface area contributed by atoms with Gasteiger partial charge in [0.25, 0.3) is 0 Å². The van der Waals surface area contributed by atoms with Gasteiger partial charge in [-0.3, -0.25) is 4.79 Å². The van der Waals surface area contributed by atoms with Crippen molar-refractivity contribution in [3.05, 3.63) is 34.6 Å². The normalized spacial score (nSPS) is 11.5. The number of sulfone groups is 1. The second-order valence-electron chi connectivity index (χ2n) is 3.83. The Morgan fingerprint density at radius 2 is 2.06 bits per heavy atom. The van der Waals surface area contributed by atoms with Crippen LogP contribution in [0.15, 0.2) is 18.2 Å². The fraction of sp³-hybridized carbons (Fsp3) is 0.364. The molecule has 1 rings (SSSR count). The second kappa shape index (κ2) is 5.60.